The summed E-state index contributed by atoms with van der Waals surface area (Å²) >= 11 is 6.73. The van der Waals surface area contributed by atoms with Crippen molar-refractivity contribution < 1.29 is 16.5 Å². The molecule has 6 nitrogen and oxygen atoms in total. The van der Waals surface area contributed by atoms with E-state index in [9.17, 15) is 9.59 Å². The molecule has 18 heavy (non-hydrogen) atoms. The molecule has 1 unspecified atom stereocenters. The number of thiophene rings is 1. The molecule has 3 amide bonds. The maximum atomic E-state index is 11.9. The van der Waals surface area contributed by atoms with E-state index in [2.05, 4.69) is 9.97 Å². The molecule has 3 heterocycles. The zero-order valence-electron chi connectivity index (χ0n) is 13.5. The van der Waals surface area contributed by atoms with Gasteiger partial charge in [-0.1, -0.05) is 11.6 Å². The SMILES string of the molecule is [2H]N1C(=O)N([2H])C([2H])(c2cc3c(Cl)ncnc3s2)C([2H])([2H])C1=O. The fourth-order valence-electron chi connectivity index (χ4n) is 1.42. The van der Waals surface area contributed by atoms with Crippen LogP contribution in [0.25, 0.3) is 10.2 Å². The van der Waals surface area contributed by atoms with E-state index < -0.39 is 24.3 Å². The van der Waals surface area contributed by atoms with Gasteiger partial charge in [0.2, 0.25) is 5.91 Å². The number of urea groups is 1. The molecule has 0 aliphatic carbocycles. The predicted octanol–water partition coefficient (Wildman–Crippen LogP) is 1.62. The molecule has 92 valence electrons. The quantitative estimate of drug-likeness (QED) is 0.781. The maximum absolute atomic E-state index is 11.9. The van der Waals surface area contributed by atoms with Gasteiger partial charge in [-0.05, 0) is 6.07 Å². The number of aromatic nitrogens is 2. The summed E-state index contributed by atoms with van der Waals surface area (Å²) in [6.07, 6.45) is -1.83. The fraction of sp³-hybridized carbons (Fsp3) is 0.200. The van der Waals surface area contributed by atoms with Crippen molar-refractivity contribution in [3.8, 4) is 0 Å². The first-order valence-corrected chi connectivity index (χ1v) is 5.89. The second-order valence-electron chi connectivity index (χ2n) is 3.28. The minimum atomic E-state index is -3.01. The molecule has 1 aliphatic rings. The van der Waals surface area contributed by atoms with Crippen molar-refractivity contribution in [3.05, 3.63) is 22.4 Å². The van der Waals surface area contributed by atoms with Gasteiger partial charge in [0.05, 0.1) is 13.8 Å². The number of rotatable bonds is 1. The van der Waals surface area contributed by atoms with Crippen LogP contribution in [0, 0.1) is 0 Å². The largest absolute Gasteiger partial charge is 0.330 e. The Hall–Kier alpha value is -1.73. The third kappa shape index (κ3) is 1.91. The summed E-state index contributed by atoms with van der Waals surface area (Å²) in [6, 6.07) is -2.82. The summed E-state index contributed by atoms with van der Waals surface area (Å²) in [6.45, 7) is 0. The number of nitrogens with zero attached hydrogens (tertiary/aromatic N) is 2. The molecule has 8 heteroatoms. The van der Waals surface area contributed by atoms with Crippen LogP contribution < -0.4 is 10.6 Å². The van der Waals surface area contributed by atoms with Crippen molar-refractivity contribution >= 4 is 45.1 Å². The van der Waals surface area contributed by atoms with Crippen molar-refractivity contribution in [2.24, 2.45) is 0 Å². The summed E-state index contributed by atoms with van der Waals surface area (Å²) in [5.74, 6) is -1.52. The average molecular weight is 288 g/mol. The van der Waals surface area contributed by atoms with Gasteiger partial charge in [-0.3, -0.25) is 10.1 Å². The van der Waals surface area contributed by atoms with Crippen LogP contribution in [0.3, 0.4) is 0 Å². The van der Waals surface area contributed by atoms with Crippen LogP contribution >= 0.6 is 22.9 Å². The Morgan fingerprint density at radius 2 is 2.44 bits per heavy atom. The van der Waals surface area contributed by atoms with Gasteiger partial charge in [-0.15, -0.1) is 11.3 Å². The molecular weight excluding hydrogens is 276 g/mol. The number of amides is 3. The molecule has 0 radical (unpaired) electrons. The first-order chi connectivity index (χ1) is 10.6. The van der Waals surface area contributed by atoms with Gasteiger partial charge in [0.25, 0.3) is 0 Å². The number of hydrogen-bond acceptors (Lipinski definition) is 5. The van der Waals surface area contributed by atoms with Crippen molar-refractivity contribution in [2.75, 3.05) is 0 Å². The lowest BCUT2D eigenvalue weighted by molar-refractivity contribution is -0.121. The molecule has 1 saturated heterocycles. The molecule has 0 spiro atoms. The minimum Gasteiger partial charge on any atom is -0.330 e. The molecule has 2 N–H and O–H groups in total. The lowest BCUT2D eigenvalue weighted by Gasteiger charge is -2.21. The van der Waals surface area contributed by atoms with Gasteiger partial charge >= 0.3 is 6.03 Å². The molecule has 0 saturated carbocycles. The van der Waals surface area contributed by atoms with Crippen LogP contribution in [-0.2, 0) is 4.79 Å². The standard InChI is InChI=1S/C10H7ClN4O2S/c11-8-4-1-6(18-9(4)13-3-12-8)5-2-7(16)15-10(17)14-5/h1,3,5H,2H2,(H2,14,15,16,17)/i2D2,5D/hD2. The highest BCUT2D eigenvalue weighted by Gasteiger charge is 2.26. The topological polar surface area (TPSA) is 84.0 Å². The third-order valence-electron chi connectivity index (χ3n) is 2.14. The van der Waals surface area contributed by atoms with Crippen LogP contribution in [0.5, 0.6) is 0 Å². The van der Waals surface area contributed by atoms with Crippen molar-refractivity contribution in [3.63, 3.8) is 0 Å². The number of carbonyl (C=O) groups excluding carboxylic acids is 2. The van der Waals surface area contributed by atoms with Crippen LogP contribution in [0.2, 0.25) is 7.98 Å². The Morgan fingerprint density at radius 1 is 1.61 bits per heavy atom. The number of carbonyl (C=O) groups is 2. The summed E-state index contributed by atoms with van der Waals surface area (Å²) in [7, 11) is 0. The third-order valence-corrected chi connectivity index (χ3v) is 3.50. The van der Waals surface area contributed by atoms with Gasteiger partial charge in [0.1, 0.15) is 16.3 Å². The number of halogens is 1. The molecule has 0 aromatic carbocycles. The van der Waals surface area contributed by atoms with Gasteiger partial charge in [-0.25, -0.2) is 14.8 Å². The van der Waals surface area contributed by atoms with Crippen LogP contribution in [0.1, 0.15) is 21.4 Å². The van der Waals surface area contributed by atoms with E-state index in [4.69, 9.17) is 18.5 Å². The first kappa shape index (κ1) is 7.01. The molecule has 0 bridgehead atoms. The molecule has 1 atom stereocenters. The predicted molar refractivity (Wildman–Crippen MR) is 66.5 cm³/mol. The minimum absolute atomic E-state index is 0.0343. The zero-order valence-corrected chi connectivity index (χ0v) is 10.1. The summed E-state index contributed by atoms with van der Waals surface area (Å²) in [5, 5.41) is 0.0832. The van der Waals surface area contributed by atoms with Gasteiger partial charge < -0.3 is 5.31 Å². The normalized spacial score (nSPS) is 31.7. The second-order valence-corrected chi connectivity index (χ2v) is 4.67. The molecule has 2 aromatic rings. The Bertz CT molecular complexity index is 848. The highest BCUT2D eigenvalue weighted by molar-refractivity contribution is 7.18. The van der Waals surface area contributed by atoms with E-state index in [1.54, 1.807) is 0 Å². The van der Waals surface area contributed by atoms with E-state index in [-0.39, 0.29) is 20.6 Å². The Kier molecular flexibility index (Phi) is 1.63. The average Bonchev–Trinajstić information content (AvgIpc) is 2.95. The van der Waals surface area contributed by atoms with Crippen LogP contribution in [-0.4, -0.2) is 21.9 Å². The first-order valence-electron chi connectivity index (χ1n) is 7.09. The summed E-state index contributed by atoms with van der Waals surface area (Å²) < 4.78 is 39.2. The Morgan fingerprint density at radius 3 is 3.22 bits per heavy atom. The summed E-state index contributed by atoms with van der Waals surface area (Å²) in [4.78, 5) is 31.6. The molecule has 1 aliphatic heterocycles. The van der Waals surface area contributed by atoms with Crippen LogP contribution in [0.4, 0.5) is 4.79 Å². The van der Waals surface area contributed by atoms with Gasteiger partial charge in [0.15, 0.2) is 2.82 Å². The number of fused-ring (bicyclic) bond motifs is 1. The zero-order chi connectivity index (χ0) is 17.2. The molecule has 1 fully saturated rings. The highest BCUT2D eigenvalue weighted by atomic mass is 35.5. The van der Waals surface area contributed by atoms with E-state index in [1.165, 1.54) is 12.4 Å². The van der Waals surface area contributed by atoms with E-state index in [0.717, 1.165) is 11.3 Å². The van der Waals surface area contributed by atoms with Gasteiger partial charge in [0, 0.05) is 13.0 Å². The van der Waals surface area contributed by atoms with Crippen molar-refractivity contribution in [1.82, 2.24) is 20.6 Å². The number of nitrogens with one attached hydrogen (secondary N) is 2. The lowest BCUT2D eigenvalue weighted by atomic mass is 10.1. The van der Waals surface area contributed by atoms with Crippen molar-refractivity contribution in [1.29, 1.82) is 0 Å². The second kappa shape index (κ2) is 4.18. The van der Waals surface area contributed by atoms with Crippen molar-refractivity contribution in [2.45, 2.75) is 12.4 Å². The fourth-order valence-corrected chi connectivity index (χ4v) is 2.61. The highest BCUT2D eigenvalue weighted by Crippen LogP contribution is 2.33. The molecule has 3 rings (SSSR count). The summed E-state index contributed by atoms with van der Waals surface area (Å²) in [5.41, 5.74) is 0. The molecular formula is C10H7ClN4O2S. The van der Waals surface area contributed by atoms with E-state index in [0.29, 0.717) is 10.2 Å². The lowest BCUT2D eigenvalue weighted by Crippen LogP contribution is -2.47. The number of hydrogen-bond donors (Lipinski definition) is 2. The Labute approximate surface area is 118 Å². The monoisotopic (exact) mass is 287 g/mol. The van der Waals surface area contributed by atoms with E-state index in [1.807, 2.05) is 0 Å². The smallest absolute Gasteiger partial charge is 0.321 e. The Balaban J connectivity index is 2.26. The van der Waals surface area contributed by atoms with Crippen LogP contribution in [0.15, 0.2) is 12.4 Å². The maximum Gasteiger partial charge on any atom is 0.321 e. The number of imide groups is 1. The van der Waals surface area contributed by atoms with E-state index >= 15 is 0 Å². The molecule has 2 aromatic heterocycles. The van der Waals surface area contributed by atoms with Gasteiger partial charge in [-0.2, -0.15) is 0 Å².